The van der Waals surface area contributed by atoms with Crippen molar-refractivity contribution in [1.29, 1.82) is 0 Å². The van der Waals surface area contributed by atoms with Gasteiger partial charge in [-0.05, 0) is 0 Å². The van der Waals surface area contributed by atoms with E-state index in [2.05, 4.69) is 5.73 Å². The zero-order valence-corrected chi connectivity index (χ0v) is 4.65. The van der Waals surface area contributed by atoms with Crippen molar-refractivity contribution in [2.75, 3.05) is 0 Å². The van der Waals surface area contributed by atoms with E-state index in [0.29, 0.717) is 0 Å². The molecule has 5 N–H and O–H groups in total. The predicted octanol–water partition coefficient (Wildman–Crippen LogP) is -3.66. The van der Waals surface area contributed by atoms with Gasteiger partial charge in [-0.3, -0.25) is 4.79 Å². The van der Waals surface area contributed by atoms with E-state index in [1.165, 1.54) is 0 Å². The van der Waals surface area contributed by atoms with Crippen molar-refractivity contribution in [1.82, 2.24) is 0 Å². The van der Waals surface area contributed by atoms with E-state index < -0.39 is 7.82 Å². The molecule has 0 heterocycles. The molecule has 10 heavy (non-hydrogen) atoms. The fourth-order valence-electron chi connectivity index (χ4n) is 0. The molecule has 6 nitrogen and oxygen atoms in total. The Balaban J connectivity index is -0.0000000326. The van der Waals surface area contributed by atoms with Gasteiger partial charge in [-0.15, -0.1) is 0 Å². The first-order valence-corrected chi connectivity index (χ1v) is 2.92. The van der Waals surface area contributed by atoms with Gasteiger partial charge in [0.05, 0.1) is 0 Å². The summed E-state index contributed by atoms with van der Waals surface area (Å²) in [6, 6.07) is 0. The van der Waals surface area contributed by atoms with Gasteiger partial charge < -0.3 is 20.4 Å². The molecule has 0 unspecified atom stereocenters. The second-order valence-electron chi connectivity index (χ2n) is 0.649. The number of nitrogens with two attached hydrogens (primary N) is 1. The Morgan fingerprint density at radius 2 is 1.20 bits per heavy atom. The first kappa shape index (κ1) is 22.7. The molecular weight excluding hydrogens is 217 g/mol. The molecule has 58 valence electrons. The Labute approximate surface area is 117 Å². The second kappa shape index (κ2) is 13.7. The Hall–Kier alpha value is 2.10. The summed E-state index contributed by atoms with van der Waals surface area (Å²) in [5.41, 5.74) is 4.17. The van der Waals surface area contributed by atoms with Crippen molar-refractivity contribution in [3.63, 3.8) is 0 Å². The molecule has 0 fully saturated rings. The molecular formula is CH10Ca2NO5P. The van der Waals surface area contributed by atoms with Gasteiger partial charge in [0.1, 0.15) is 0 Å². The summed E-state index contributed by atoms with van der Waals surface area (Å²) in [5.74, 6) is 0. The maximum atomic E-state index is 8.88. The van der Waals surface area contributed by atoms with E-state index in [9.17, 15) is 0 Å². The molecule has 0 aromatic heterocycles. The Morgan fingerprint density at radius 3 is 1.20 bits per heavy atom. The van der Waals surface area contributed by atoms with Crippen LogP contribution in [0.25, 0.3) is 0 Å². The minimum atomic E-state index is -4.64. The second-order valence-corrected chi connectivity index (χ2v) is 1.68. The molecule has 0 radical (unpaired) electrons. The quantitative estimate of drug-likeness (QED) is 0.193. The number of amides is 1. The number of primary amides is 1. The topological polar surface area (TPSA) is 121 Å². The normalized spacial score (nSPS) is 7.10. The molecule has 0 saturated carbocycles. The van der Waals surface area contributed by atoms with Crippen molar-refractivity contribution in [3.05, 3.63) is 0 Å². The maximum absolute atomic E-state index is 8.88. The SMILES string of the molecule is NC=O.O=P(O)(O)O.[CaH2].[CaH2]. The Bertz CT molecular complexity index is 93.6. The molecule has 0 bridgehead atoms. The van der Waals surface area contributed by atoms with E-state index in [4.69, 9.17) is 24.0 Å². The van der Waals surface area contributed by atoms with Crippen LogP contribution in [0.1, 0.15) is 0 Å². The van der Waals surface area contributed by atoms with Crippen LogP contribution in [0.3, 0.4) is 0 Å². The Morgan fingerprint density at radius 1 is 1.20 bits per heavy atom. The van der Waals surface area contributed by atoms with E-state index in [0.717, 1.165) is 0 Å². The summed E-state index contributed by atoms with van der Waals surface area (Å²) in [7, 11) is -4.64. The van der Waals surface area contributed by atoms with Gasteiger partial charge in [-0.25, -0.2) is 4.57 Å². The number of hydrogen-bond acceptors (Lipinski definition) is 2. The van der Waals surface area contributed by atoms with Crippen molar-refractivity contribution < 1.29 is 24.0 Å². The summed E-state index contributed by atoms with van der Waals surface area (Å²) in [5, 5.41) is 0. The molecule has 0 aliphatic heterocycles. The van der Waals surface area contributed by atoms with Crippen molar-refractivity contribution >= 4 is 89.7 Å². The summed E-state index contributed by atoms with van der Waals surface area (Å²) in [6.07, 6.45) is 0.250. The average Bonchev–Trinajstić information content (AvgIpc) is 1.27. The van der Waals surface area contributed by atoms with Crippen molar-refractivity contribution in [2.45, 2.75) is 0 Å². The number of hydrogen-bond donors (Lipinski definition) is 4. The first-order valence-electron chi connectivity index (χ1n) is 1.35. The van der Waals surface area contributed by atoms with E-state index in [1.807, 2.05) is 0 Å². The van der Waals surface area contributed by atoms with Crippen molar-refractivity contribution in [3.8, 4) is 0 Å². The van der Waals surface area contributed by atoms with Crippen LogP contribution in [-0.4, -0.2) is 96.6 Å². The molecule has 0 aromatic carbocycles. The third-order valence-corrected chi connectivity index (χ3v) is 0. The fourth-order valence-corrected chi connectivity index (χ4v) is 0. The Kier molecular flexibility index (Phi) is 31.1. The van der Waals surface area contributed by atoms with Gasteiger partial charge >= 0.3 is 83.3 Å². The molecule has 0 rings (SSSR count). The molecule has 1 amide bonds. The minimum absolute atomic E-state index is 0. The molecule has 0 atom stereocenters. The van der Waals surface area contributed by atoms with Crippen LogP contribution in [0.4, 0.5) is 0 Å². The molecule has 0 saturated heterocycles. The van der Waals surface area contributed by atoms with Gasteiger partial charge in [0.25, 0.3) is 0 Å². The van der Waals surface area contributed by atoms with Gasteiger partial charge in [-0.1, -0.05) is 0 Å². The third-order valence-electron chi connectivity index (χ3n) is 0. The van der Waals surface area contributed by atoms with Crippen LogP contribution >= 0.6 is 7.82 Å². The first-order chi connectivity index (χ1) is 3.41. The summed E-state index contributed by atoms with van der Waals surface area (Å²) in [4.78, 5) is 30.1. The van der Waals surface area contributed by atoms with E-state index in [-0.39, 0.29) is 81.9 Å². The van der Waals surface area contributed by atoms with Crippen LogP contribution in [0.2, 0.25) is 0 Å². The number of phosphoric acid groups is 1. The number of carbonyl (C=O) groups is 1. The molecule has 0 aromatic rings. The summed E-state index contributed by atoms with van der Waals surface area (Å²) in [6.45, 7) is 0. The number of rotatable bonds is 0. The third kappa shape index (κ3) is 190. The molecule has 0 aliphatic carbocycles. The fraction of sp³-hybridized carbons (Fsp3) is 0. The standard InChI is InChI=1S/CH3NO.2Ca.H3O4P.4H/c2-1-3;;;1-5(2,3)4;;;;/h1H,(H2,2,3);;;(H3,1,2,3,4);;;;. The van der Waals surface area contributed by atoms with Gasteiger partial charge in [0.2, 0.25) is 6.41 Å². The zero-order valence-electron chi connectivity index (χ0n) is 3.76. The summed E-state index contributed by atoms with van der Waals surface area (Å²) < 4.78 is 8.88. The van der Waals surface area contributed by atoms with Gasteiger partial charge in [0, 0.05) is 0 Å². The van der Waals surface area contributed by atoms with Crippen molar-refractivity contribution in [2.24, 2.45) is 5.73 Å². The van der Waals surface area contributed by atoms with E-state index in [1.54, 1.807) is 0 Å². The number of carbonyl (C=O) groups excluding carboxylic acids is 1. The van der Waals surface area contributed by atoms with Crippen LogP contribution in [0, 0.1) is 0 Å². The van der Waals surface area contributed by atoms with Crippen LogP contribution < -0.4 is 5.73 Å². The molecule has 0 aliphatic rings. The molecule has 9 heteroatoms. The molecule has 0 spiro atoms. The zero-order chi connectivity index (χ0) is 7.21. The van der Waals surface area contributed by atoms with Crippen LogP contribution in [-0.2, 0) is 9.36 Å². The van der Waals surface area contributed by atoms with E-state index >= 15 is 0 Å². The average molecular weight is 227 g/mol. The van der Waals surface area contributed by atoms with Gasteiger partial charge in [-0.2, -0.15) is 0 Å². The predicted molar refractivity (Wildman–Crippen MR) is 41.6 cm³/mol. The van der Waals surface area contributed by atoms with Crippen LogP contribution in [0.15, 0.2) is 0 Å². The van der Waals surface area contributed by atoms with Crippen LogP contribution in [0.5, 0.6) is 0 Å². The summed E-state index contributed by atoms with van der Waals surface area (Å²) >= 11 is 0. The van der Waals surface area contributed by atoms with Gasteiger partial charge in [0.15, 0.2) is 0 Å². The monoisotopic (exact) mass is 227 g/mol.